The average Bonchev–Trinajstić information content (AvgIpc) is 2.64. The smallest absolute Gasteiger partial charge is 0.223 e. The molecule has 0 unspecified atom stereocenters. The van der Waals surface area contributed by atoms with Gasteiger partial charge < -0.3 is 4.52 Å². The van der Waals surface area contributed by atoms with Gasteiger partial charge in [0.2, 0.25) is 5.89 Å². The van der Waals surface area contributed by atoms with Crippen molar-refractivity contribution in [2.75, 3.05) is 0 Å². The third kappa shape index (κ3) is 2.89. The van der Waals surface area contributed by atoms with Gasteiger partial charge in [-0.15, -0.1) is 0 Å². The van der Waals surface area contributed by atoms with Gasteiger partial charge in [-0.25, -0.2) is 0 Å². The Bertz CT molecular complexity index is 436. The highest BCUT2D eigenvalue weighted by atomic mass is 79.9. The Hall–Kier alpha value is -1.16. The number of rotatable bonds is 3. The average molecular weight is 267 g/mol. The van der Waals surface area contributed by atoms with E-state index in [2.05, 4.69) is 38.2 Å². The van der Waals surface area contributed by atoms with E-state index in [0.29, 0.717) is 5.89 Å². The minimum absolute atomic E-state index is 0.626. The predicted molar refractivity (Wildman–Crippen MR) is 60.6 cm³/mol. The number of hydrogen-bond acceptors (Lipinski definition) is 3. The molecule has 1 aromatic carbocycles. The fourth-order valence-electron chi connectivity index (χ4n) is 1.35. The van der Waals surface area contributed by atoms with Crippen LogP contribution in [0.5, 0.6) is 0 Å². The summed E-state index contributed by atoms with van der Waals surface area (Å²) in [4.78, 5) is 4.16. The van der Waals surface area contributed by atoms with E-state index in [-0.39, 0.29) is 0 Å². The molecule has 1 heterocycles. The Morgan fingerprint density at radius 3 is 2.53 bits per heavy atom. The van der Waals surface area contributed by atoms with Gasteiger partial charge in [0.05, 0.1) is 0 Å². The summed E-state index contributed by atoms with van der Waals surface area (Å²) < 4.78 is 6.00. The first-order chi connectivity index (χ1) is 7.24. The Balaban J connectivity index is 1.96. The molecule has 0 bridgehead atoms. The number of hydrogen-bond donors (Lipinski definition) is 0. The summed E-state index contributed by atoms with van der Waals surface area (Å²) in [6, 6.07) is 8.27. The Morgan fingerprint density at radius 2 is 1.93 bits per heavy atom. The van der Waals surface area contributed by atoms with Crippen molar-refractivity contribution in [3.05, 3.63) is 46.0 Å². The zero-order chi connectivity index (χ0) is 10.7. The van der Waals surface area contributed by atoms with E-state index in [1.807, 2.05) is 12.1 Å². The summed E-state index contributed by atoms with van der Waals surface area (Å²) in [6.45, 7) is 1.80. The maximum Gasteiger partial charge on any atom is 0.223 e. The highest BCUT2D eigenvalue weighted by Gasteiger charge is 2.02. The van der Waals surface area contributed by atoms with Gasteiger partial charge in [0, 0.05) is 17.8 Å². The third-order valence-electron chi connectivity index (χ3n) is 2.12. The van der Waals surface area contributed by atoms with Gasteiger partial charge in [-0.2, -0.15) is 4.98 Å². The quantitative estimate of drug-likeness (QED) is 0.858. The van der Waals surface area contributed by atoms with E-state index in [1.165, 1.54) is 5.56 Å². The van der Waals surface area contributed by atoms with Crippen molar-refractivity contribution in [2.45, 2.75) is 19.8 Å². The van der Waals surface area contributed by atoms with Gasteiger partial charge in [-0.3, -0.25) is 0 Å². The maximum atomic E-state index is 4.90. The lowest BCUT2D eigenvalue weighted by Gasteiger charge is -1.98. The third-order valence-corrected chi connectivity index (χ3v) is 2.65. The number of nitrogens with zero attached hydrogens (tertiary/aromatic N) is 2. The molecule has 0 N–H and O–H groups in total. The molecule has 3 nitrogen and oxygen atoms in total. The molecule has 15 heavy (non-hydrogen) atoms. The summed E-state index contributed by atoms with van der Waals surface area (Å²) in [6.07, 6.45) is 1.76. The van der Waals surface area contributed by atoms with E-state index >= 15 is 0 Å². The zero-order valence-electron chi connectivity index (χ0n) is 8.40. The van der Waals surface area contributed by atoms with Crippen LogP contribution in [0.4, 0.5) is 0 Å². The SMILES string of the molecule is Cc1nc(CCc2ccc(Br)cc2)no1. The monoisotopic (exact) mass is 266 g/mol. The summed E-state index contributed by atoms with van der Waals surface area (Å²) in [7, 11) is 0. The highest BCUT2D eigenvalue weighted by molar-refractivity contribution is 9.10. The molecule has 0 aliphatic carbocycles. The molecule has 0 aliphatic heterocycles. The van der Waals surface area contributed by atoms with E-state index in [1.54, 1.807) is 6.92 Å². The van der Waals surface area contributed by atoms with Crippen molar-refractivity contribution in [2.24, 2.45) is 0 Å². The molecule has 1 aromatic heterocycles. The fraction of sp³-hybridized carbons (Fsp3) is 0.273. The van der Waals surface area contributed by atoms with Gasteiger partial charge in [0.15, 0.2) is 5.82 Å². The number of aryl methyl sites for hydroxylation is 3. The first-order valence-corrected chi connectivity index (χ1v) is 5.57. The predicted octanol–water partition coefficient (Wildman–Crippen LogP) is 2.93. The minimum atomic E-state index is 0.626. The molecule has 0 saturated carbocycles. The van der Waals surface area contributed by atoms with E-state index < -0.39 is 0 Å². The second kappa shape index (κ2) is 4.57. The van der Waals surface area contributed by atoms with Crippen LogP contribution in [-0.2, 0) is 12.8 Å². The molecule has 0 saturated heterocycles. The topological polar surface area (TPSA) is 38.9 Å². The van der Waals surface area contributed by atoms with Crippen LogP contribution in [0.15, 0.2) is 33.3 Å². The summed E-state index contributed by atoms with van der Waals surface area (Å²) in [5.74, 6) is 1.40. The molecular weight excluding hydrogens is 256 g/mol. The molecule has 2 rings (SSSR count). The molecule has 0 radical (unpaired) electrons. The number of benzene rings is 1. The van der Waals surface area contributed by atoms with Crippen molar-refractivity contribution in [3.8, 4) is 0 Å². The van der Waals surface area contributed by atoms with Crippen molar-refractivity contribution >= 4 is 15.9 Å². The molecule has 0 amide bonds. The summed E-state index contributed by atoms with van der Waals surface area (Å²) >= 11 is 3.41. The zero-order valence-corrected chi connectivity index (χ0v) is 9.99. The van der Waals surface area contributed by atoms with Crippen LogP contribution < -0.4 is 0 Å². The van der Waals surface area contributed by atoms with Crippen LogP contribution in [0.25, 0.3) is 0 Å². The molecule has 0 atom stereocenters. The molecular formula is C11H11BrN2O. The lowest BCUT2D eigenvalue weighted by atomic mass is 10.1. The van der Waals surface area contributed by atoms with E-state index in [4.69, 9.17) is 4.52 Å². The first-order valence-electron chi connectivity index (χ1n) is 4.77. The number of halogens is 1. The second-order valence-electron chi connectivity index (χ2n) is 3.36. The van der Waals surface area contributed by atoms with Crippen LogP contribution in [0.1, 0.15) is 17.3 Å². The Kier molecular flexibility index (Phi) is 3.16. The van der Waals surface area contributed by atoms with Gasteiger partial charge >= 0.3 is 0 Å². The molecule has 0 aliphatic rings. The van der Waals surface area contributed by atoms with Crippen molar-refractivity contribution in [3.63, 3.8) is 0 Å². The van der Waals surface area contributed by atoms with Gasteiger partial charge in [-0.05, 0) is 24.1 Å². The van der Waals surface area contributed by atoms with Crippen molar-refractivity contribution < 1.29 is 4.52 Å². The molecule has 0 spiro atoms. The van der Waals surface area contributed by atoms with Crippen LogP contribution in [0.2, 0.25) is 0 Å². The van der Waals surface area contributed by atoms with E-state index in [9.17, 15) is 0 Å². The fourth-order valence-corrected chi connectivity index (χ4v) is 1.61. The molecule has 2 aromatic rings. The molecule has 4 heteroatoms. The largest absolute Gasteiger partial charge is 0.340 e. The van der Waals surface area contributed by atoms with Crippen molar-refractivity contribution in [1.82, 2.24) is 10.1 Å². The Morgan fingerprint density at radius 1 is 1.20 bits per heavy atom. The van der Waals surface area contributed by atoms with Crippen LogP contribution in [0, 0.1) is 6.92 Å². The molecule has 78 valence electrons. The normalized spacial score (nSPS) is 10.5. The van der Waals surface area contributed by atoms with Crippen LogP contribution in [0.3, 0.4) is 0 Å². The summed E-state index contributed by atoms with van der Waals surface area (Å²) in [5, 5.41) is 3.85. The van der Waals surface area contributed by atoms with Gasteiger partial charge in [0.25, 0.3) is 0 Å². The lowest BCUT2D eigenvalue weighted by Crippen LogP contribution is -1.93. The van der Waals surface area contributed by atoms with Crippen LogP contribution >= 0.6 is 15.9 Å². The van der Waals surface area contributed by atoms with Crippen molar-refractivity contribution in [1.29, 1.82) is 0 Å². The Labute approximate surface area is 96.6 Å². The standard InChI is InChI=1S/C11H11BrN2O/c1-8-13-11(14-15-8)7-4-9-2-5-10(12)6-3-9/h2-3,5-6H,4,7H2,1H3. The highest BCUT2D eigenvalue weighted by Crippen LogP contribution is 2.12. The second-order valence-corrected chi connectivity index (χ2v) is 4.27. The lowest BCUT2D eigenvalue weighted by molar-refractivity contribution is 0.387. The maximum absolute atomic E-state index is 4.90. The van der Waals surface area contributed by atoms with Gasteiger partial charge in [0.1, 0.15) is 0 Å². The summed E-state index contributed by atoms with van der Waals surface area (Å²) in [5.41, 5.74) is 1.28. The first kappa shape index (κ1) is 10.4. The molecule has 0 fully saturated rings. The van der Waals surface area contributed by atoms with E-state index in [0.717, 1.165) is 23.1 Å². The van der Waals surface area contributed by atoms with Gasteiger partial charge in [-0.1, -0.05) is 33.2 Å². The number of aromatic nitrogens is 2. The van der Waals surface area contributed by atoms with Crippen LogP contribution in [-0.4, -0.2) is 10.1 Å². The minimum Gasteiger partial charge on any atom is -0.340 e.